The summed E-state index contributed by atoms with van der Waals surface area (Å²) in [5.41, 5.74) is 7.65. The van der Waals surface area contributed by atoms with Crippen molar-refractivity contribution in [1.29, 1.82) is 0 Å². The van der Waals surface area contributed by atoms with Crippen molar-refractivity contribution in [3.8, 4) is 0 Å². The SMILES string of the molecule is CCOC(=O)CN1Cc2ccc(N)cc2C1=O. The first kappa shape index (κ1) is 11.4. The third kappa shape index (κ3) is 2.22. The fraction of sp³-hybridized carbons (Fsp3) is 0.333. The van der Waals surface area contributed by atoms with Crippen LogP contribution >= 0.6 is 0 Å². The molecule has 1 aliphatic heterocycles. The van der Waals surface area contributed by atoms with Crippen LogP contribution in [-0.4, -0.2) is 29.9 Å². The maximum absolute atomic E-state index is 12.0. The lowest BCUT2D eigenvalue weighted by Crippen LogP contribution is -2.31. The van der Waals surface area contributed by atoms with Gasteiger partial charge in [0.05, 0.1) is 6.61 Å². The van der Waals surface area contributed by atoms with Crippen LogP contribution in [0.2, 0.25) is 0 Å². The van der Waals surface area contributed by atoms with Gasteiger partial charge in [0.2, 0.25) is 0 Å². The molecule has 1 aliphatic rings. The first-order valence-corrected chi connectivity index (χ1v) is 5.45. The van der Waals surface area contributed by atoms with Crippen LogP contribution in [0.1, 0.15) is 22.8 Å². The minimum absolute atomic E-state index is 0.0126. The Kier molecular flexibility index (Phi) is 2.99. The molecular formula is C12H14N2O3. The molecule has 5 nitrogen and oxygen atoms in total. The van der Waals surface area contributed by atoms with Crippen molar-refractivity contribution in [1.82, 2.24) is 4.90 Å². The molecule has 2 N–H and O–H groups in total. The monoisotopic (exact) mass is 234 g/mol. The number of carbonyl (C=O) groups is 2. The highest BCUT2D eigenvalue weighted by molar-refractivity contribution is 6.00. The van der Waals surface area contributed by atoms with E-state index in [1.165, 1.54) is 4.90 Å². The summed E-state index contributed by atoms with van der Waals surface area (Å²) in [6.07, 6.45) is 0. The molecule has 1 amide bonds. The number of nitrogen functional groups attached to an aromatic ring is 1. The van der Waals surface area contributed by atoms with E-state index in [0.717, 1.165) is 5.56 Å². The highest BCUT2D eigenvalue weighted by atomic mass is 16.5. The fourth-order valence-corrected chi connectivity index (χ4v) is 1.87. The molecule has 0 unspecified atom stereocenters. The van der Waals surface area contributed by atoms with Crippen molar-refractivity contribution in [3.05, 3.63) is 29.3 Å². The molecule has 1 aromatic rings. The molecule has 0 radical (unpaired) electrons. The number of fused-ring (bicyclic) bond motifs is 1. The summed E-state index contributed by atoms with van der Waals surface area (Å²) in [7, 11) is 0. The van der Waals surface area contributed by atoms with Gasteiger partial charge in [-0.2, -0.15) is 0 Å². The van der Waals surface area contributed by atoms with E-state index in [0.29, 0.717) is 24.4 Å². The number of ether oxygens (including phenoxy) is 1. The van der Waals surface area contributed by atoms with Crippen molar-refractivity contribution >= 4 is 17.6 Å². The van der Waals surface area contributed by atoms with Crippen LogP contribution in [0.3, 0.4) is 0 Å². The maximum Gasteiger partial charge on any atom is 0.325 e. The lowest BCUT2D eigenvalue weighted by atomic mass is 10.1. The number of amides is 1. The van der Waals surface area contributed by atoms with Crippen LogP contribution in [0.25, 0.3) is 0 Å². The molecule has 0 spiro atoms. The van der Waals surface area contributed by atoms with Gasteiger partial charge in [-0.1, -0.05) is 6.07 Å². The van der Waals surface area contributed by atoms with E-state index >= 15 is 0 Å². The molecule has 17 heavy (non-hydrogen) atoms. The van der Waals surface area contributed by atoms with Crippen LogP contribution in [0.5, 0.6) is 0 Å². The van der Waals surface area contributed by atoms with Gasteiger partial charge in [-0.05, 0) is 24.6 Å². The lowest BCUT2D eigenvalue weighted by Gasteiger charge is -2.13. The van der Waals surface area contributed by atoms with E-state index in [1.807, 2.05) is 6.07 Å². The Morgan fingerprint density at radius 1 is 1.53 bits per heavy atom. The minimum Gasteiger partial charge on any atom is -0.465 e. The number of hydrogen-bond donors (Lipinski definition) is 1. The third-order valence-corrected chi connectivity index (χ3v) is 2.64. The van der Waals surface area contributed by atoms with Crippen LogP contribution < -0.4 is 5.73 Å². The number of anilines is 1. The predicted octanol–water partition coefficient (Wildman–Crippen LogP) is 0.788. The Hall–Kier alpha value is -2.04. The number of nitrogens with two attached hydrogens (primary N) is 1. The van der Waals surface area contributed by atoms with Crippen LogP contribution in [-0.2, 0) is 16.1 Å². The molecule has 0 aromatic heterocycles. The molecule has 0 aliphatic carbocycles. The van der Waals surface area contributed by atoms with Gasteiger partial charge in [0.15, 0.2) is 0 Å². The van der Waals surface area contributed by atoms with Gasteiger partial charge in [0.1, 0.15) is 6.54 Å². The zero-order valence-corrected chi connectivity index (χ0v) is 9.60. The summed E-state index contributed by atoms with van der Waals surface area (Å²) in [6.45, 7) is 2.48. The van der Waals surface area contributed by atoms with E-state index < -0.39 is 0 Å². The normalized spacial score (nSPS) is 13.7. The number of hydrogen-bond acceptors (Lipinski definition) is 4. The van der Waals surface area contributed by atoms with Gasteiger partial charge in [-0.25, -0.2) is 0 Å². The molecule has 90 valence electrons. The lowest BCUT2D eigenvalue weighted by molar-refractivity contribution is -0.143. The van der Waals surface area contributed by atoms with Gasteiger partial charge in [-0.15, -0.1) is 0 Å². The fourth-order valence-electron chi connectivity index (χ4n) is 1.87. The summed E-state index contributed by atoms with van der Waals surface area (Å²) in [5, 5.41) is 0. The van der Waals surface area contributed by atoms with E-state index in [-0.39, 0.29) is 18.4 Å². The molecule has 1 aromatic carbocycles. The summed E-state index contributed by atoms with van der Waals surface area (Å²) in [4.78, 5) is 24.7. The van der Waals surface area contributed by atoms with E-state index in [4.69, 9.17) is 10.5 Å². The van der Waals surface area contributed by atoms with Crippen molar-refractivity contribution in [2.45, 2.75) is 13.5 Å². The predicted molar refractivity (Wildman–Crippen MR) is 62.2 cm³/mol. The summed E-state index contributed by atoms with van der Waals surface area (Å²) >= 11 is 0. The standard InChI is InChI=1S/C12H14N2O3/c1-2-17-11(15)7-14-6-8-3-4-9(13)5-10(8)12(14)16/h3-5H,2,6-7,13H2,1H3. The van der Waals surface area contributed by atoms with Crippen molar-refractivity contribution in [2.75, 3.05) is 18.9 Å². The van der Waals surface area contributed by atoms with Crippen molar-refractivity contribution < 1.29 is 14.3 Å². The average molecular weight is 234 g/mol. The van der Waals surface area contributed by atoms with Gasteiger partial charge in [-0.3, -0.25) is 9.59 Å². The average Bonchev–Trinajstić information content (AvgIpc) is 2.57. The maximum atomic E-state index is 12.0. The molecule has 0 fully saturated rings. The first-order chi connectivity index (χ1) is 8.11. The topological polar surface area (TPSA) is 72.6 Å². The zero-order chi connectivity index (χ0) is 12.4. The second-order valence-electron chi connectivity index (χ2n) is 3.88. The van der Waals surface area contributed by atoms with Crippen LogP contribution in [0.4, 0.5) is 5.69 Å². The Morgan fingerprint density at radius 2 is 2.29 bits per heavy atom. The molecule has 1 heterocycles. The summed E-state index contributed by atoms with van der Waals surface area (Å²) < 4.78 is 4.82. The number of carbonyl (C=O) groups excluding carboxylic acids is 2. The van der Waals surface area contributed by atoms with Gasteiger partial charge < -0.3 is 15.4 Å². The second kappa shape index (κ2) is 4.45. The highest BCUT2D eigenvalue weighted by Gasteiger charge is 2.28. The van der Waals surface area contributed by atoms with Crippen LogP contribution in [0.15, 0.2) is 18.2 Å². The van der Waals surface area contributed by atoms with Crippen molar-refractivity contribution in [2.24, 2.45) is 0 Å². The Bertz CT molecular complexity index is 471. The minimum atomic E-state index is -0.387. The molecule has 5 heteroatoms. The van der Waals surface area contributed by atoms with Gasteiger partial charge in [0, 0.05) is 17.8 Å². The smallest absolute Gasteiger partial charge is 0.325 e. The molecular weight excluding hydrogens is 220 g/mol. The third-order valence-electron chi connectivity index (χ3n) is 2.64. The molecule has 0 bridgehead atoms. The molecule has 0 saturated heterocycles. The number of nitrogens with zero attached hydrogens (tertiary/aromatic N) is 1. The van der Waals surface area contributed by atoms with E-state index in [2.05, 4.69) is 0 Å². The Morgan fingerprint density at radius 3 is 3.00 bits per heavy atom. The highest BCUT2D eigenvalue weighted by Crippen LogP contribution is 2.24. The number of esters is 1. The van der Waals surface area contributed by atoms with Crippen molar-refractivity contribution in [3.63, 3.8) is 0 Å². The second-order valence-corrected chi connectivity index (χ2v) is 3.88. The number of benzene rings is 1. The van der Waals surface area contributed by atoms with Gasteiger partial charge in [0.25, 0.3) is 5.91 Å². The Labute approximate surface area is 99.2 Å². The Balaban J connectivity index is 2.12. The molecule has 0 atom stereocenters. The zero-order valence-electron chi connectivity index (χ0n) is 9.60. The quantitative estimate of drug-likeness (QED) is 0.620. The number of rotatable bonds is 3. The summed E-state index contributed by atoms with van der Waals surface area (Å²) in [5.74, 6) is -0.554. The summed E-state index contributed by atoms with van der Waals surface area (Å²) in [6, 6.07) is 5.20. The molecule has 2 rings (SSSR count). The van der Waals surface area contributed by atoms with E-state index in [1.54, 1.807) is 19.1 Å². The van der Waals surface area contributed by atoms with Gasteiger partial charge >= 0.3 is 5.97 Å². The molecule has 0 saturated carbocycles. The largest absolute Gasteiger partial charge is 0.465 e. The first-order valence-electron chi connectivity index (χ1n) is 5.45. The van der Waals surface area contributed by atoms with Crippen LogP contribution in [0, 0.1) is 0 Å². The van der Waals surface area contributed by atoms with E-state index in [9.17, 15) is 9.59 Å².